The second kappa shape index (κ2) is 5.93. The van der Waals surface area contributed by atoms with E-state index in [1.165, 1.54) is 6.07 Å². The predicted molar refractivity (Wildman–Crippen MR) is 64.7 cm³/mol. The zero-order valence-electron chi connectivity index (χ0n) is 9.82. The van der Waals surface area contributed by atoms with Crippen LogP contribution in [-0.2, 0) is 6.42 Å². The molecule has 2 N–H and O–H groups in total. The number of aliphatic hydroxyl groups is 1. The summed E-state index contributed by atoms with van der Waals surface area (Å²) < 4.78 is 13.9. The molecule has 94 valence electrons. The van der Waals surface area contributed by atoms with Crippen LogP contribution in [0.4, 0.5) is 10.2 Å². The van der Waals surface area contributed by atoms with Crippen LogP contribution in [-0.4, -0.2) is 42.9 Å². The molecule has 0 unspecified atom stereocenters. The van der Waals surface area contributed by atoms with Gasteiger partial charge in [-0.1, -0.05) is 0 Å². The van der Waals surface area contributed by atoms with Crippen LogP contribution in [0.15, 0.2) is 12.3 Å². The molecule has 1 fully saturated rings. The molecule has 5 heteroatoms. The molecule has 0 atom stereocenters. The Balaban J connectivity index is 2.07. The zero-order valence-corrected chi connectivity index (χ0v) is 9.82. The van der Waals surface area contributed by atoms with Crippen LogP contribution >= 0.6 is 0 Å². The van der Waals surface area contributed by atoms with Gasteiger partial charge in [-0.25, -0.2) is 9.37 Å². The van der Waals surface area contributed by atoms with Crippen molar-refractivity contribution in [2.24, 2.45) is 0 Å². The van der Waals surface area contributed by atoms with E-state index in [9.17, 15) is 4.39 Å². The van der Waals surface area contributed by atoms with E-state index in [1.54, 1.807) is 6.20 Å². The molecule has 1 aliphatic rings. The van der Waals surface area contributed by atoms with E-state index in [0.717, 1.165) is 31.7 Å². The lowest BCUT2D eigenvalue weighted by atomic mass is 10.1. The minimum absolute atomic E-state index is 0.126. The van der Waals surface area contributed by atoms with E-state index in [4.69, 9.17) is 5.11 Å². The number of nitrogens with one attached hydrogen (secondary N) is 1. The van der Waals surface area contributed by atoms with Gasteiger partial charge in [0.25, 0.3) is 0 Å². The molecule has 1 aromatic heterocycles. The fourth-order valence-corrected chi connectivity index (χ4v) is 2.00. The van der Waals surface area contributed by atoms with Crippen molar-refractivity contribution in [1.82, 2.24) is 10.3 Å². The smallest absolute Gasteiger partial charge is 0.165 e. The lowest BCUT2D eigenvalue weighted by molar-refractivity contribution is 0.288. The average molecular weight is 239 g/mol. The molecule has 2 heterocycles. The molecular formula is C12H18FN3O. The number of piperazine rings is 1. The van der Waals surface area contributed by atoms with E-state index in [1.807, 2.05) is 4.90 Å². The highest BCUT2D eigenvalue weighted by molar-refractivity contribution is 5.41. The molecule has 0 saturated carbocycles. The number of aliphatic hydroxyl groups excluding tert-OH is 1. The topological polar surface area (TPSA) is 48.4 Å². The average Bonchev–Trinajstić information content (AvgIpc) is 2.37. The molecule has 2 rings (SSSR count). The van der Waals surface area contributed by atoms with Crippen molar-refractivity contribution in [3.8, 4) is 0 Å². The number of nitrogens with zero attached hydrogens (tertiary/aromatic N) is 2. The van der Waals surface area contributed by atoms with Crippen molar-refractivity contribution in [2.75, 3.05) is 37.7 Å². The lowest BCUT2D eigenvalue weighted by Gasteiger charge is -2.28. The SMILES string of the molecule is OCCCc1cnc(N2CCNCC2)c(F)c1. The molecule has 0 amide bonds. The van der Waals surface area contributed by atoms with E-state index in [2.05, 4.69) is 10.3 Å². The van der Waals surface area contributed by atoms with Crippen LogP contribution in [0.2, 0.25) is 0 Å². The summed E-state index contributed by atoms with van der Waals surface area (Å²) >= 11 is 0. The number of hydrogen-bond donors (Lipinski definition) is 2. The first kappa shape index (κ1) is 12.3. The van der Waals surface area contributed by atoms with Gasteiger partial charge in [-0.15, -0.1) is 0 Å². The van der Waals surface area contributed by atoms with E-state index in [-0.39, 0.29) is 12.4 Å². The van der Waals surface area contributed by atoms with Crippen molar-refractivity contribution < 1.29 is 9.50 Å². The zero-order chi connectivity index (χ0) is 12.1. The Morgan fingerprint density at radius 1 is 1.41 bits per heavy atom. The second-order valence-electron chi connectivity index (χ2n) is 4.21. The van der Waals surface area contributed by atoms with E-state index in [0.29, 0.717) is 18.7 Å². The molecule has 17 heavy (non-hydrogen) atoms. The molecule has 0 aromatic carbocycles. The Kier molecular flexibility index (Phi) is 4.28. The van der Waals surface area contributed by atoms with Gasteiger partial charge >= 0.3 is 0 Å². The number of aromatic nitrogens is 1. The number of halogens is 1. The predicted octanol–water partition coefficient (Wildman–Crippen LogP) is 0.555. The summed E-state index contributed by atoms with van der Waals surface area (Å²) in [5.41, 5.74) is 0.843. The highest BCUT2D eigenvalue weighted by Crippen LogP contribution is 2.18. The molecule has 1 aliphatic heterocycles. The van der Waals surface area contributed by atoms with Gasteiger partial charge < -0.3 is 15.3 Å². The van der Waals surface area contributed by atoms with Crippen molar-refractivity contribution in [2.45, 2.75) is 12.8 Å². The molecule has 0 bridgehead atoms. The maximum absolute atomic E-state index is 13.9. The molecular weight excluding hydrogens is 221 g/mol. The highest BCUT2D eigenvalue weighted by atomic mass is 19.1. The summed E-state index contributed by atoms with van der Waals surface area (Å²) in [5, 5.41) is 11.9. The number of aryl methyl sites for hydroxylation is 1. The first-order valence-electron chi connectivity index (χ1n) is 6.02. The fraction of sp³-hybridized carbons (Fsp3) is 0.583. The minimum atomic E-state index is -0.262. The van der Waals surface area contributed by atoms with Crippen molar-refractivity contribution in [3.63, 3.8) is 0 Å². The molecule has 0 spiro atoms. The summed E-state index contributed by atoms with van der Waals surface area (Å²) in [6.07, 6.45) is 3.02. The molecule has 4 nitrogen and oxygen atoms in total. The third kappa shape index (κ3) is 3.14. The summed E-state index contributed by atoms with van der Waals surface area (Å²) in [4.78, 5) is 6.16. The van der Waals surface area contributed by atoms with E-state index < -0.39 is 0 Å². The summed E-state index contributed by atoms with van der Waals surface area (Å²) in [5.74, 6) is 0.182. The van der Waals surface area contributed by atoms with Crippen LogP contribution in [0.5, 0.6) is 0 Å². The van der Waals surface area contributed by atoms with Gasteiger partial charge in [0, 0.05) is 39.0 Å². The molecule has 0 aliphatic carbocycles. The maximum Gasteiger partial charge on any atom is 0.165 e. The lowest BCUT2D eigenvalue weighted by Crippen LogP contribution is -2.44. The fourth-order valence-electron chi connectivity index (χ4n) is 2.00. The Morgan fingerprint density at radius 2 is 2.18 bits per heavy atom. The monoisotopic (exact) mass is 239 g/mol. The van der Waals surface area contributed by atoms with Crippen LogP contribution in [0.1, 0.15) is 12.0 Å². The molecule has 0 radical (unpaired) electrons. The van der Waals surface area contributed by atoms with Gasteiger partial charge in [0.15, 0.2) is 11.6 Å². The molecule has 1 aromatic rings. The van der Waals surface area contributed by atoms with Gasteiger partial charge in [0.1, 0.15) is 0 Å². The number of pyridine rings is 1. The van der Waals surface area contributed by atoms with Gasteiger partial charge in [0.05, 0.1) is 0 Å². The quantitative estimate of drug-likeness (QED) is 0.806. The number of anilines is 1. The summed E-state index contributed by atoms with van der Waals surface area (Å²) in [7, 11) is 0. The van der Waals surface area contributed by atoms with E-state index >= 15 is 0 Å². The van der Waals surface area contributed by atoms with Gasteiger partial charge in [-0.3, -0.25) is 0 Å². The Hall–Kier alpha value is -1.20. The van der Waals surface area contributed by atoms with Crippen molar-refractivity contribution in [1.29, 1.82) is 0 Å². The summed E-state index contributed by atoms with van der Waals surface area (Å²) in [6, 6.07) is 1.53. The standard InChI is InChI=1S/C12H18FN3O/c13-11-8-10(2-1-7-17)9-15-12(11)16-5-3-14-4-6-16/h8-9,14,17H,1-7H2. The number of hydrogen-bond acceptors (Lipinski definition) is 4. The maximum atomic E-state index is 13.9. The third-order valence-corrected chi connectivity index (χ3v) is 2.92. The summed E-state index contributed by atoms with van der Waals surface area (Å²) in [6.45, 7) is 3.45. The molecule has 1 saturated heterocycles. The Bertz CT molecular complexity index is 367. The van der Waals surface area contributed by atoms with Gasteiger partial charge in [-0.2, -0.15) is 0 Å². The minimum Gasteiger partial charge on any atom is -0.396 e. The Morgan fingerprint density at radius 3 is 2.82 bits per heavy atom. The van der Waals surface area contributed by atoms with Gasteiger partial charge in [0.2, 0.25) is 0 Å². The number of rotatable bonds is 4. The van der Waals surface area contributed by atoms with Crippen LogP contribution in [0.3, 0.4) is 0 Å². The van der Waals surface area contributed by atoms with Crippen molar-refractivity contribution >= 4 is 5.82 Å². The first-order valence-corrected chi connectivity index (χ1v) is 6.02. The largest absolute Gasteiger partial charge is 0.396 e. The first-order chi connectivity index (χ1) is 8.31. The van der Waals surface area contributed by atoms with Crippen LogP contribution in [0.25, 0.3) is 0 Å². The Labute approximate surface area is 100 Å². The normalized spacial score (nSPS) is 16.2. The third-order valence-electron chi connectivity index (χ3n) is 2.92. The van der Waals surface area contributed by atoms with Crippen LogP contribution in [0, 0.1) is 5.82 Å². The van der Waals surface area contributed by atoms with Crippen molar-refractivity contribution in [3.05, 3.63) is 23.6 Å². The van der Waals surface area contributed by atoms with Crippen LogP contribution < -0.4 is 10.2 Å². The van der Waals surface area contributed by atoms with Gasteiger partial charge in [-0.05, 0) is 24.5 Å². The second-order valence-corrected chi connectivity index (χ2v) is 4.21. The highest BCUT2D eigenvalue weighted by Gasteiger charge is 2.15.